The van der Waals surface area contributed by atoms with Crippen LogP contribution in [0, 0.1) is 0 Å². The van der Waals surface area contributed by atoms with E-state index in [0.717, 1.165) is 0 Å². The lowest BCUT2D eigenvalue weighted by atomic mass is 10.3. The van der Waals surface area contributed by atoms with Crippen LogP contribution in [0.25, 0.3) is 0 Å². The molecule has 0 spiro atoms. The molecule has 0 bridgehead atoms. The third kappa shape index (κ3) is 2.65. The molecule has 0 radical (unpaired) electrons. The molecule has 0 saturated carbocycles. The van der Waals surface area contributed by atoms with Crippen molar-refractivity contribution in [1.29, 1.82) is 0 Å². The fourth-order valence-electron chi connectivity index (χ4n) is 1.71. The van der Waals surface area contributed by atoms with E-state index in [-0.39, 0.29) is 36.2 Å². The van der Waals surface area contributed by atoms with Gasteiger partial charge in [0.2, 0.25) is 10.0 Å². The predicted octanol–water partition coefficient (Wildman–Crippen LogP) is 0.117. The van der Waals surface area contributed by atoms with E-state index in [9.17, 15) is 8.42 Å². The number of aliphatic hydroxyl groups excluding tert-OH is 1. The minimum absolute atomic E-state index is 0.0229. The number of halogens is 1. The summed E-state index contributed by atoms with van der Waals surface area (Å²) in [5.74, 6) is 0. The van der Waals surface area contributed by atoms with Crippen LogP contribution in [0.5, 0.6) is 0 Å². The molecular formula is C10H13ClN2O4S. The molecule has 2 heterocycles. The molecule has 1 aliphatic heterocycles. The van der Waals surface area contributed by atoms with Gasteiger partial charge >= 0.3 is 0 Å². The normalized spacial score (nSPS) is 22.0. The highest BCUT2D eigenvalue weighted by Crippen LogP contribution is 2.24. The first-order valence-corrected chi connectivity index (χ1v) is 7.19. The van der Waals surface area contributed by atoms with Gasteiger partial charge < -0.3 is 9.84 Å². The second-order valence-electron chi connectivity index (χ2n) is 3.84. The van der Waals surface area contributed by atoms with Crippen molar-refractivity contribution < 1.29 is 18.3 Å². The molecule has 0 aliphatic carbocycles. The van der Waals surface area contributed by atoms with Gasteiger partial charge in [-0.05, 0) is 6.07 Å². The van der Waals surface area contributed by atoms with E-state index in [2.05, 4.69) is 4.98 Å². The number of ether oxygens (including phenoxy) is 1. The number of aromatic nitrogens is 1. The van der Waals surface area contributed by atoms with Gasteiger partial charge in [0.05, 0.1) is 24.3 Å². The Morgan fingerprint density at radius 3 is 3.06 bits per heavy atom. The highest BCUT2D eigenvalue weighted by atomic mass is 35.5. The van der Waals surface area contributed by atoms with E-state index in [1.54, 1.807) is 0 Å². The van der Waals surface area contributed by atoms with Crippen LogP contribution in [-0.2, 0) is 14.8 Å². The lowest BCUT2D eigenvalue weighted by molar-refractivity contribution is -0.0304. The topological polar surface area (TPSA) is 79.7 Å². The number of hydrogen-bond acceptors (Lipinski definition) is 5. The van der Waals surface area contributed by atoms with Crippen LogP contribution < -0.4 is 0 Å². The molecule has 1 aromatic rings. The van der Waals surface area contributed by atoms with Crippen molar-refractivity contribution in [3.8, 4) is 0 Å². The number of morpholine rings is 1. The van der Waals surface area contributed by atoms with Gasteiger partial charge in [0.1, 0.15) is 4.90 Å². The maximum Gasteiger partial charge on any atom is 0.246 e. The molecule has 2 rings (SSSR count). The van der Waals surface area contributed by atoms with Crippen LogP contribution >= 0.6 is 11.6 Å². The number of nitrogens with zero attached hydrogens (tertiary/aromatic N) is 2. The molecular weight excluding hydrogens is 280 g/mol. The van der Waals surface area contributed by atoms with Crippen LogP contribution in [0.3, 0.4) is 0 Å². The molecule has 100 valence electrons. The van der Waals surface area contributed by atoms with Gasteiger partial charge in [-0.2, -0.15) is 4.31 Å². The summed E-state index contributed by atoms with van der Waals surface area (Å²) in [7, 11) is -3.69. The SMILES string of the molecule is O=S(=O)(c1cnccc1Cl)N1CCOC(CO)C1. The first kappa shape index (κ1) is 13.7. The summed E-state index contributed by atoms with van der Waals surface area (Å²) < 4.78 is 31.1. The Morgan fingerprint density at radius 1 is 1.61 bits per heavy atom. The summed E-state index contributed by atoms with van der Waals surface area (Å²) >= 11 is 5.87. The molecule has 18 heavy (non-hydrogen) atoms. The van der Waals surface area contributed by atoms with Crippen molar-refractivity contribution >= 4 is 21.6 Å². The Kier molecular flexibility index (Phi) is 4.18. The Balaban J connectivity index is 2.29. The summed E-state index contributed by atoms with van der Waals surface area (Å²) in [6.45, 7) is 0.392. The van der Waals surface area contributed by atoms with E-state index in [4.69, 9.17) is 21.4 Å². The number of pyridine rings is 1. The lowest BCUT2D eigenvalue weighted by Crippen LogP contribution is -2.46. The van der Waals surface area contributed by atoms with Crippen LogP contribution in [0.15, 0.2) is 23.4 Å². The van der Waals surface area contributed by atoms with Crippen molar-refractivity contribution in [3.05, 3.63) is 23.5 Å². The quantitative estimate of drug-likeness (QED) is 0.856. The summed E-state index contributed by atoms with van der Waals surface area (Å²) in [6.07, 6.45) is 2.15. The van der Waals surface area contributed by atoms with E-state index >= 15 is 0 Å². The first-order chi connectivity index (χ1) is 8.55. The minimum atomic E-state index is -3.69. The zero-order chi connectivity index (χ0) is 13.2. The van der Waals surface area contributed by atoms with Crippen molar-refractivity contribution in [2.45, 2.75) is 11.0 Å². The van der Waals surface area contributed by atoms with E-state index in [1.807, 2.05) is 0 Å². The molecule has 0 aromatic carbocycles. The van der Waals surface area contributed by atoms with Gasteiger partial charge in [0, 0.05) is 25.5 Å². The van der Waals surface area contributed by atoms with Crippen LogP contribution in [0.4, 0.5) is 0 Å². The Hall–Kier alpha value is -0.730. The van der Waals surface area contributed by atoms with Crippen molar-refractivity contribution in [2.24, 2.45) is 0 Å². The molecule has 1 aliphatic rings. The van der Waals surface area contributed by atoms with Gasteiger partial charge in [0.15, 0.2) is 0 Å². The van der Waals surface area contributed by atoms with Gasteiger partial charge in [-0.25, -0.2) is 8.42 Å². The molecule has 8 heteroatoms. The van der Waals surface area contributed by atoms with E-state index in [1.165, 1.54) is 22.8 Å². The highest BCUT2D eigenvalue weighted by molar-refractivity contribution is 7.89. The van der Waals surface area contributed by atoms with Crippen molar-refractivity contribution in [2.75, 3.05) is 26.3 Å². The van der Waals surface area contributed by atoms with Crippen LogP contribution in [0.2, 0.25) is 5.02 Å². The van der Waals surface area contributed by atoms with E-state index < -0.39 is 16.1 Å². The average Bonchev–Trinajstić information content (AvgIpc) is 2.39. The number of rotatable bonds is 3. The first-order valence-electron chi connectivity index (χ1n) is 5.38. The molecule has 6 nitrogen and oxygen atoms in total. The predicted molar refractivity (Wildman–Crippen MR) is 64.8 cm³/mol. The molecule has 1 unspecified atom stereocenters. The average molecular weight is 293 g/mol. The largest absolute Gasteiger partial charge is 0.394 e. The zero-order valence-electron chi connectivity index (χ0n) is 9.49. The van der Waals surface area contributed by atoms with E-state index in [0.29, 0.717) is 0 Å². The van der Waals surface area contributed by atoms with Gasteiger partial charge in [-0.15, -0.1) is 0 Å². The Labute approximate surface area is 110 Å². The highest BCUT2D eigenvalue weighted by Gasteiger charge is 2.31. The summed E-state index contributed by atoms with van der Waals surface area (Å²) in [6, 6.07) is 1.43. The van der Waals surface area contributed by atoms with Gasteiger partial charge in [-0.3, -0.25) is 4.98 Å². The van der Waals surface area contributed by atoms with Crippen molar-refractivity contribution in [3.63, 3.8) is 0 Å². The smallest absolute Gasteiger partial charge is 0.246 e. The van der Waals surface area contributed by atoms with Gasteiger partial charge in [0.25, 0.3) is 0 Å². The second kappa shape index (κ2) is 5.50. The molecule has 1 saturated heterocycles. The maximum atomic E-state index is 12.3. The van der Waals surface area contributed by atoms with Gasteiger partial charge in [-0.1, -0.05) is 11.6 Å². The third-order valence-corrected chi connectivity index (χ3v) is 4.99. The number of aliphatic hydroxyl groups is 1. The summed E-state index contributed by atoms with van der Waals surface area (Å²) in [5, 5.41) is 9.15. The number of sulfonamides is 1. The van der Waals surface area contributed by atoms with Crippen LogP contribution in [-0.4, -0.2) is 55.2 Å². The third-order valence-electron chi connectivity index (χ3n) is 2.66. The maximum absolute atomic E-state index is 12.3. The molecule has 1 fully saturated rings. The molecule has 1 aromatic heterocycles. The molecule has 1 N–H and O–H groups in total. The van der Waals surface area contributed by atoms with Crippen molar-refractivity contribution in [1.82, 2.24) is 9.29 Å². The summed E-state index contributed by atoms with van der Waals surface area (Å²) in [5.41, 5.74) is 0. The molecule has 0 amide bonds. The second-order valence-corrected chi connectivity index (χ2v) is 6.16. The summed E-state index contributed by atoms with van der Waals surface area (Å²) in [4.78, 5) is 3.75. The minimum Gasteiger partial charge on any atom is -0.394 e. The Bertz CT molecular complexity index is 522. The molecule has 1 atom stereocenters. The lowest BCUT2D eigenvalue weighted by Gasteiger charge is -2.31. The fourth-order valence-corrected chi connectivity index (χ4v) is 3.57. The standard InChI is InChI=1S/C10H13ClN2O4S/c11-9-1-2-12-5-10(9)18(15,16)13-3-4-17-8(6-13)7-14/h1-2,5,8,14H,3-4,6-7H2. The Morgan fingerprint density at radius 2 is 2.39 bits per heavy atom. The fraction of sp³-hybridized carbons (Fsp3) is 0.500. The zero-order valence-corrected chi connectivity index (χ0v) is 11.1. The number of hydrogen-bond donors (Lipinski definition) is 1. The van der Waals surface area contributed by atoms with Crippen LogP contribution in [0.1, 0.15) is 0 Å². The monoisotopic (exact) mass is 292 g/mol.